The van der Waals surface area contributed by atoms with E-state index in [0.717, 1.165) is 12.5 Å². The maximum Gasteiger partial charge on any atom is 0.0522 e. The highest BCUT2D eigenvalue weighted by Gasteiger charge is 2.44. The average molecular weight is 275 g/mol. The van der Waals surface area contributed by atoms with Crippen LogP contribution in [0.15, 0.2) is 24.5 Å². The maximum absolute atomic E-state index is 4.33. The zero-order chi connectivity index (χ0) is 14.6. The van der Waals surface area contributed by atoms with Gasteiger partial charge < -0.3 is 10.2 Å². The Kier molecular flexibility index (Phi) is 5.17. The third-order valence-corrected chi connectivity index (χ3v) is 4.86. The molecule has 1 saturated carbocycles. The number of hydrogen-bond acceptors (Lipinski definition) is 3. The SMILES string of the molecule is CCNC(c1cccnc1)C1(N(C)C)CCCC(C)C1. The molecule has 0 spiro atoms. The van der Waals surface area contributed by atoms with Crippen LogP contribution in [0.3, 0.4) is 0 Å². The molecule has 0 bridgehead atoms. The first kappa shape index (κ1) is 15.5. The summed E-state index contributed by atoms with van der Waals surface area (Å²) in [6, 6.07) is 4.62. The molecule has 1 N–H and O–H groups in total. The lowest BCUT2D eigenvalue weighted by atomic mass is 9.69. The predicted molar refractivity (Wildman–Crippen MR) is 84.7 cm³/mol. The molecule has 0 radical (unpaired) electrons. The van der Waals surface area contributed by atoms with Crippen molar-refractivity contribution < 1.29 is 0 Å². The van der Waals surface area contributed by atoms with E-state index in [1.54, 1.807) is 0 Å². The van der Waals surface area contributed by atoms with Gasteiger partial charge in [-0.2, -0.15) is 0 Å². The Labute approximate surface area is 123 Å². The number of likely N-dealkylation sites (N-methyl/N-ethyl adjacent to an activating group) is 2. The molecule has 0 amide bonds. The molecular weight excluding hydrogens is 246 g/mol. The molecule has 0 aromatic carbocycles. The Bertz CT molecular complexity index is 404. The summed E-state index contributed by atoms with van der Waals surface area (Å²) in [7, 11) is 4.47. The van der Waals surface area contributed by atoms with Gasteiger partial charge in [0.05, 0.1) is 6.04 Å². The first-order valence-electron chi connectivity index (χ1n) is 7.91. The fourth-order valence-corrected chi connectivity index (χ4v) is 3.86. The van der Waals surface area contributed by atoms with Gasteiger partial charge in [0.1, 0.15) is 0 Å². The van der Waals surface area contributed by atoms with Crippen LogP contribution in [0.1, 0.15) is 51.1 Å². The van der Waals surface area contributed by atoms with E-state index in [9.17, 15) is 0 Å². The van der Waals surface area contributed by atoms with Gasteiger partial charge in [-0.05, 0) is 51.0 Å². The second-order valence-electron chi connectivity index (χ2n) is 6.48. The molecule has 112 valence electrons. The lowest BCUT2D eigenvalue weighted by Gasteiger charge is -2.50. The molecule has 1 fully saturated rings. The largest absolute Gasteiger partial charge is 0.309 e. The second-order valence-corrected chi connectivity index (χ2v) is 6.48. The molecule has 1 aromatic rings. The summed E-state index contributed by atoms with van der Waals surface area (Å²) < 4.78 is 0. The summed E-state index contributed by atoms with van der Waals surface area (Å²) in [5.74, 6) is 0.795. The van der Waals surface area contributed by atoms with Crippen LogP contribution in [0.25, 0.3) is 0 Å². The molecule has 1 aliphatic carbocycles. The average Bonchev–Trinajstić information content (AvgIpc) is 2.45. The van der Waals surface area contributed by atoms with Crippen LogP contribution in [0, 0.1) is 5.92 Å². The highest BCUT2D eigenvalue weighted by molar-refractivity contribution is 5.21. The molecule has 0 aliphatic heterocycles. The summed E-state index contributed by atoms with van der Waals surface area (Å²) in [5.41, 5.74) is 1.52. The Hall–Kier alpha value is -0.930. The van der Waals surface area contributed by atoms with Crippen LogP contribution < -0.4 is 5.32 Å². The third-order valence-electron chi connectivity index (χ3n) is 4.86. The molecule has 1 aliphatic rings. The molecule has 3 nitrogen and oxygen atoms in total. The molecule has 0 saturated heterocycles. The van der Waals surface area contributed by atoms with Crippen LogP contribution in [-0.4, -0.2) is 36.1 Å². The van der Waals surface area contributed by atoms with Gasteiger partial charge in [0, 0.05) is 17.9 Å². The van der Waals surface area contributed by atoms with Crippen LogP contribution in [0.4, 0.5) is 0 Å². The fourth-order valence-electron chi connectivity index (χ4n) is 3.86. The zero-order valence-corrected chi connectivity index (χ0v) is 13.4. The van der Waals surface area contributed by atoms with E-state index >= 15 is 0 Å². The normalized spacial score (nSPS) is 28.6. The van der Waals surface area contributed by atoms with Crippen molar-refractivity contribution in [2.75, 3.05) is 20.6 Å². The predicted octanol–water partition coefficient (Wildman–Crippen LogP) is 3.24. The molecular formula is C17H29N3. The Morgan fingerprint density at radius 2 is 2.30 bits per heavy atom. The van der Waals surface area contributed by atoms with Gasteiger partial charge in [0.2, 0.25) is 0 Å². The molecule has 3 atom stereocenters. The van der Waals surface area contributed by atoms with Crippen molar-refractivity contribution in [3.05, 3.63) is 30.1 Å². The van der Waals surface area contributed by atoms with Crippen molar-refractivity contribution in [1.29, 1.82) is 0 Å². The van der Waals surface area contributed by atoms with Crippen LogP contribution in [-0.2, 0) is 0 Å². The molecule has 2 rings (SSSR count). The molecule has 1 heterocycles. The second kappa shape index (κ2) is 6.68. The van der Waals surface area contributed by atoms with Crippen LogP contribution in [0.5, 0.6) is 0 Å². The van der Waals surface area contributed by atoms with E-state index in [2.05, 4.69) is 55.3 Å². The Morgan fingerprint density at radius 3 is 2.85 bits per heavy atom. The number of hydrogen-bond donors (Lipinski definition) is 1. The monoisotopic (exact) mass is 275 g/mol. The number of nitrogens with one attached hydrogen (secondary N) is 1. The van der Waals surface area contributed by atoms with Gasteiger partial charge >= 0.3 is 0 Å². The maximum atomic E-state index is 4.33. The molecule has 3 heteroatoms. The van der Waals surface area contributed by atoms with E-state index in [-0.39, 0.29) is 5.54 Å². The smallest absolute Gasteiger partial charge is 0.0522 e. The summed E-state index contributed by atoms with van der Waals surface area (Å²) in [5, 5.41) is 3.73. The summed E-state index contributed by atoms with van der Waals surface area (Å²) in [6.07, 6.45) is 9.09. The number of aromatic nitrogens is 1. The molecule has 3 unspecified atom stereocenters. The van der Waals surface area contributed by atoms with Gasteiger partial charge in [-0.25, -0.2) is 0 Å². The van der Waals surface area contributed by atoms with Crippen molar-refractivity contribution in [2.24, 2.45) is 5.92 Å². The number of pyridine rings is 1. The summed E-state index contributed by atoms with van der Waals surface area (Å²) in [4.78, 5) is 6.78. The Balaban J connectivity index is 2.37. The van der Waals surface area contributed by atoms with Gasteiger partial charge in [-0.3, -0.25) is 4.98 Å². The van der Waals surface area contributed by atoms with Crippen molar-refractivity contribution >= 4 is 0 Å². The first-order chi connectivity index (χ1) is 9.60. The van der Waals surface area contributed by atoms with Gasteiger partial charge in [0.15, 0.2) is 0 Å². The van der Waals surface area contributed by atoms with Crippen molar-refractivity contribution in [3.63, 3.8) is 0 Å². The third kappa shape index (κ3) is 3.04. The standard InChI is InChI=1S/C17H29N3/c1-5-19-16(15-9-7-11-18-13-15)17(20(3)4)10-6-8-14(2)12-17/h7,9,11,13-14,16,19H,5-6,8,10,12H2,1-4H3. The summed E-state index contributed by atoms with van der Waals surface area (Å²) in [6.45, 7) is 5.58. The number of rotatable bonds is 5. The van der Waals surface area contributed by atoms with Crippen molar-refractivity contribution in [1.82, 2.24) is 15.2 Å². The van der Waals surface area contributed by atoms with Crippen LogP contribution >= 0.6 is 0 Å². The van der Waals surface area contributed by atoms with E-state index in [1.165, 1.54) is 31.2 Å². The highest BCUT2D eigenvalue weighted by atomic mass is 15.2. The van der Waals surface area contributed by atoms with E-state index in [0.29, 0.717) is 6.04 Å². The van der Waals surface area contributed by atoms with Gasteiger partial charge in [-0.15, -0.1) is 0 Å². The highest BCUT2D eigenvalue weighted by Crippen LogP contribution is 2.43. The molecule has 20 heavy (non-hydrogen) atoms. The first-order valence-corrected chi connectivity index (χ1v) is 7.91. The fraction of sp³-hybridized carbons (Fsp3) is 0.706. The van der Waals surface area contributed by atoms with E-state index in [1.807, 2.05) is 12.4 Å². The quantitative estimate of drug-likeness (QED) is 0.894. The van der Waals surface area contributed by atoms with E-state index < -0.39 is 0 Å². The van der Waals surface area contributed by atoms with Crippen molar-refractivity contribution in [3.8, 4) is 0 Å². The minimum atomic E-state index is 0.205. The minimum Gasteiger partial charge on any atom is -0.309 e. The Morgan fingerprint density at radius 1 is 1.50 bits per heavy atom. The lowest BCUT2D eigenvalue weighted by Crippen LogP contribution is -2.56. The molecule has 1 aromatic heterocycles. The zero-order valence-electron chi connectivity index (χ0n) is 13.4. The van der Waals surface area contributed by atoms with Crippen molar-refractivity contribution in [2.45, 2.75) is 51.1 Å². The van der Waals surface area contributed by atoms with Gasteiger partial charge in [0.25, 0.3) is 0 Å². The summed E-state index contributed by atoms with van der Waals surface area (Å²) >= 11 is 0. The number of nitrogens with zero attached hydrogens (tertiary/aromatic N) is 2. The lowest BCUT2D eigenvalue weighted by molar-refractivity contribution is 0.0371. The minimum absolute atomic E-state index is 0.205. The van der Waals surface area contributed by atoms with Gasteiger partial charge in [-0.1, -0.05) is 32.8 Å². The van der Waals surface area contributed by atoms with Crippen LogP contribution in [0.2, 0.25) is 0 Å². The topological polar surface area (TPSA) is 28.2 Å². The van der Waals surface area contributed by atoms with E-state index in [4.69, 9.17) is 0 Å².